The van der Waals surface area contributed by atoms with Gasteiger partial charge in [0, 0.05) is 25.3 Å². The van der Waals surface area contributed by atoms with Crippen molar-refractivity contribution in [1.29, 1.82) is 0 Å². The first kappa shape index (κ1) is 13.5. The Balaban J connectivity index is 2.05. The largest absolute Gasteiger partial charge is 0.368 e. The number of aromatic amines is 2. The molecule has 1 aliphatic rings. The maximum Gasteiger partial charge on any atom is 0.325 e. The quantitative estimate of drug-likeness (QED) is 0.676. The molecule has 1 atom stereocenters. The highest BCUT2D eigenvalue weighted by Crippen LogP contribution is 2.25. The molecule has 2 aromatic heterocycles. The molecule has 3 rings (SSSR count). The van der Waals surface area contributed by atoms with Crippen LogP contribution in [0.2, 0.25) is 0 Å². The van der Waals surface area contributed by atoms with Crippen molar-refractivity contribution in [3.63, 3.8) is 0 Å². The highest BCUT2D eigenvalue weighted by atomic mass is 16.2. The lowest BCUT2D eigenvalue weighted by Gasteiger charge is -2.20. The summed E-state index contributed by atoms with van der Waals surface area (Å²) in [6.45, 7) is 3.48. The van der Waals surface area contributed by atoms with E-state index in [2.05, 4.69) is 25.1 Å². The second-order valence-corrected chi connectivity index (χ2v) is 5.18. The number of nitrogens with one attached hydrogen (secondary N) is 2. The first-order chi connectivity index (χ1) is 10.0. The molecule has 0 amide bonds. The van der Waals surface area contributed by atoms with Gasteiger partial charge < -0.3 is 15.6 Å². The van der Waals surface area contributed by atoms with Crippen LogP contribution >= 0.6 is 0 Å². The van der Waals surface area contributed by atoms with Crippen molar-refractivity contribution in [1.82, 2.24) is 20.2 Å². The molecule has 0 radical (unpaired) electrons. The highest BCUT2D eigenvalue weighted by Gasteiger charge is 2.22. The van der Waals surface area contributed by atoms with E-state index in [1.165, 1.54) is 6.20 Å². The molecule has 1 saturated heterocycles. The van der Waals surface area contributed by atoms with Crippen LogP contribution in [0.15, 0.2) is 21.9 Å². The van der Waals surface area contributed by atoms with Gasteiger partial charge in [0.25, 0.3) is 5.56 Å². The summed E-state index contributed by atoms with van der Waals surface area (Å²) in [6.07, 6.45) is 2.27. The van der Waals surface area contributed by atoms with Crippen LogP contribution in [-0.2, 0) is 0 Å². The predicted molar refractivity (Wildman–Crippen MR) is 78.3 cm³/mol. The fourth-order valence-corrected chi connectivity index (χ4v) is 2.50. The average molecular weight is 288 g/mol. The van der Waals surface area contributed by atoms with Crippen molar-refractivity contribution in [2.75, 3.05) is 18.0 Å². The van der Waals surface area contributed by atoms with Crippen molar-refractivity contribution in [2.24, 2.45) is 5.73 Å². The van der Waals surface area contributed by atoms with Crippen molar-refractivity contribution in [3.05, 3.63) is 38.8 Å². The summed E-state index contributed by atoms with van der Waals surface area (Å²) in [5.41, 5.74) is 7.31. The standard InChI is InChI=1S/C13H16N6O2/c1-7-11(19-3-2-8(14)6-19)4-10(18-17-7)9-5-15-13(21)16-12(9)20/h4-5,8H,2-3,6,14H2,1H3,(H2,15,16,20,21). The number of nitrogens with zero attached hydrogens (tertiary/aromatic N) is 3. The summed E-state index contributed by atoms with van der Waals surface area (Å²) in [6, 6.07) is 1.96. The second kappa shape index (κ2) is 5.13. The van der Waals surface area contributed by atoms with Crippen LogP contribution in [0.3, 0.4) is 0 Å². The molecule has 21 heavy (non-hydrogen) atoms. The summed E-state index contributed by atoms with van der Waals surface area (Å²) in [4.78, 5) is 29.7. The molecule has 8 heteroatoms. The lowest BCUT2D eigenvalue weighted by molar-refractivity contribution is 0.751. The normalized spacial score (nSPS) is 18.2. The number of rotatable bonds is 2. The van der Waals surface area contributed by atoms with E-state index in [-0.39, 0.29) is 11.6 Å². The first-order valence-corrected chi connectivity index (χ1v) is 6.72. The smallest absolute Gasteiger partial charge is 0.325 e. The van der Waals surface area contributed by atoms with Crippen molar-refractivity contribution >= 4 is 5.69 Å². The van der Waals surface area contributed by atoms with Gasteiger partial charge in [-0.15, -0.1) is 5.10 Å². The molecule has 3 heterocycles. The summed E-state index contributed by atoms with van der Waals surface area (Å²) in [5.74, 6) is 0. The van der Waals surface area contributed by atoms with E-state index in [1.54, 1.807) is 0 Å². The Hall–Kier alpha value is -2.48. The van der Waals surface area contributed by atoms with E-state index < -0.39 is 11.2 Å². The van der Waals surface area contributed by atoms with Gasteiger partial charge in [-0.25, -0.2) is 4.79 Å². The van der Waals surface area contributed by atoms with Crippen LogP contribution in [0, 0.1) is 6.92 Å². The SMILES string of the molecule is Cc1nnc(-c2c[nH]c(=O)[nH]c2=O)cc1N1CCC(N)C1. The van der Waals surface area contributed by atoms with Crippen LogP contribution in [0.4, 0.5) is 5.69 Å². The van der Waals surface area contributed by atoms with E-state index in [1.807, 2.05) is 13.0 Å². The third-order valence-electron chi connectivity index (χ3n) is 3.61. The molecule has 4 N–H and O–H groups in total. The molecule has 1 unspecified atom stereocenters. The summed E-state index contributed by atoms with van der Waals surface area (Å²) >= 11 is 0. The fraction of sp³-hybridized carbons (Fsp3) is 0.385. The predicted octanol–water partition coefficient (Wildman–Crippen LogP) is -0.634. The van der Waals surface area contributed by atoms with E-state index in [0.717, 1.165) is 30.9 Å². The molecule has 0 saturated carbocycles. The Kier molecular flexibility index (Phi) is 3.30. The van der Waals surface area contributed by atoms with E-state index in [9.17, 15) is 9.59 Å². The topological polar surface area (TPSA) is 121 Å². The molecular formula is C13H16N6O2. The van der Waals surface area contributed by atoms with Gasteiger partial charge in [-0.2, -0.15) is 5.10 Å². The average Bonchev–Trinajstić information content (AvgIpc) is 2.86. The van der Waals surface area contributed by atoms with Crippen molar-refractivity contribution < 1.29 is 0 Å². The molecule has 1 aliphatic heterocycles. The lowest BCUT2D eigenvalue weighted by atomic mass is 10.2. The molecule has 110 valence electrons. The minimum absolute atomic E-state index is 0.150. The molecule has 0 aliphatic carbocycles. The zero-order chi connectivity index (χ0) is 15.0. The van der Waals surface area contributed by atoms with E-state index >= 15 is 0 Å². The van der Waals surface area contributed by atoms with Crippen LogP contribution < -0.4 is 21.9 Å². The molecule has 1 fully saturated rings. The van der Waals surface area contributed by atoms with Crippen molar-refractivity contribution in [3.8, 4) is 11.3 Å². The van der Waals surface area contributed by atoms with Crippen LogP contribution in [-0.4, -0.2) is 39.3 Å². The van der Waals surface area contributed by atoms with Gasteiger partial charge in [0.05, 0.1) is 16.9 Å². The number of nitrogens with two attached hydrogens (primary N) is 1. The van der Waals surface area contributed by atoms with Gasteiger partial charge in [0.1, 0.15) is 5.69 Å². The van der Waals surface area contributed by atoms with Crippen LogP contribution in [0.25, 0.3) is 11.3 Å². The van der Waals surface area contributed by atoms with Gasteiger partial charge in [0.2, 0.25) is 0 Å². The number of anilines is 1. The minimum Gasteiger partial charge on any atom is -0.368 e. The maximum atomic E-state index is 11.8. The van der Waals surface area contributed by atoms with E-state index in [0.29, 0.717) is 5.69 Å². The minimum atomic E-state index is -0.547. The Morgan fingerprint density at radius 2 is 2.19 bits per heavy atom. The monoisotopic (exact) mass is 288 g/mol. The van der Waals surface area contributed by atoms with Crippen molar-refractivity contribution in [2.45, 2.75) is 19.4 Å². The first-order valence-electron chi connectivity index (χ1n) is 6.72. The Labute approximate surface area is 120 Å². The fourth-order valence-electron chi connectivity index (χ4n) is 2.50. The van der Waals surface area contributed by atoms with Gasteiger partial charge in [-0.1, -0.05) is 0 Å². The number of hydrogen-bond donors (Lipinski definition) is 3. The molecule has 8 nitrogen and oxygen atoms in total. The number of hydrogen-bond acceptors (Lipinski definition) is 6. The van der Waals surface area contributed by atoms with E-state index in [4.69, 9.17) is 5.73 Å². The molecule has 0 bridgehead atoms. The van der Waals surface area contributed by atoms with Crippen LogP contribution in [0.5, 0.6) is 0 Å². The Morgan fingerprint density at radius 1 is 1.38 bits per heavy atom. The van der Waals surface area contributed by atoms with Gasteiger partial charge in [-0.05, 0) is 19.4 Å². The van der Waals surface area contributed by atoms with Gasteiger partial charge in [-0.3, -0.25) is 9.78 Å². The number of aromatic nitrogens is 4. The van der Waals surface area contributed by atoms with Gasteiger partial charge >= 0.3 is 5.69 Å². The Morgan fingerprint density at radius 3 is 2.86 bits per heavy atom. The second-order valence-electron chi connectivity index (χ2n) is 5.18. The Bertz CT molecular complexity index is 781. The summed E-state index contributed by atoms with van der Waals surface area (Å²) in [7, 11) is 0. The zero-order valence-electron chi connectivity index (χ0n) is 11.6. The third-order valence-corrected chi connectivity index (χ3v) is 3.61. The third kappa shape index (κ3) is 2.57. The lowest BCUT2D eigenvalue weighted by Crippen LogP contribution is -2.27. The number of H-pyrrole nitrogens is 2. The molecule has 0 spiro atoms. The highest BCUT2D eigenvalue weighted by molar-refractivity contribution is 5.64. The number of aryl methyl sites for hydroxylation is 1. The zero-order valence-corrected chi connectivity index (χ0v) is 11.6. The van der Waals surface area contributed by atoms with Gasteiger partial charge in [0.15, 0.2) is 0 Å². The summed E-state index contributed by atoms with van der Waals surface area (Å²) < 4.78 is 0. The molecular weight excluding hydrogens is 272 g/mol. The molecule has 2 aromatic rings. The van der Waals surface area contributed by atoms with Crippen LogP contribution in [0.1, 0.15) is 12.1 Å². The molecule has 0 aromatic carbocycles. The summed E-state index contributed by atoms with van der Waals surface area (Å²) in [5, 5.41) is 8.15. The maximum absolute atomic E-state index is 11.8.